The van der Waals surface area contributed by atoms with E-state index in [1.807, 2.05) is 13.8 Å². The van der Waals surface area contributed by atoms with E-state index in [1.54, 1.807) is 14.2 Å². The third-order valence-corrected chi connectivity index (χ3v) is 1.34. The van der Waals surface area contributed by atoms with E-state index < -0.39 is 0 Å². The van der Waals surface area contributed by atoms with Gasteiger partial charge in [-0.3, -0.25) is 0 Å². The Kier molecular flexibility index (Phi) is 6.05. The molecule has 4 heteroatoms. The lowest BCUT2D eigenvalue weighted by atomic mass is 10.2. The van der Waals surface area contributed by atoms with Crippen molar-refractivity contribution < 1.29 is 9.68 Å². The van der Waals surface area contributed by atoms with Crippen LogP contribution < -0.4 is 0 Å². The minimum atomic E-state index is 0.854. The Hall–Kier alpha value is -1.06. The van der Waals surface area contributed by atoms with Gasteiger partial charge in [-0.25, -0.2) is 0 Å². The van der Waals surface area contributed by atoms with Crippen LogP contribution in [0.15, 0.2) is 10.3 Å². The summed E-state index contributed by atoms with van der Waals surface area (Å²) in [7, 11) is 3.08. The van der Waals surface area contributed by atoms with Crippen molar-refractivity contribution in [3.63, 3.8) is 0 Å². The van der Waals surface area contributed by atoms with Crippen LogP contribution in [0.2, 0.25) is 0 Å². The summed E-state index contributed by atoms with van der Waals surface area (Å²) in [4.78, 5) is 9.23. The second kappa shape index (κ2) is 6.64. The SMILES string of the molecule is CON=C(C)CCC(C)=NOC. The molecule has 0 fully saturated rings. The third-order valence-electron chi connectivity index (χ3n) is 1.34. The molecular formula is C8H16N2O2. The Morgan fingerprint density at radius 1 is 0.917 bits per heavy atom. The molecule has 0 aliphatic carbocycles. The summed E-state index contributed by atoms with van der Waals surface area (Å²) in [6.07, 6.45) is 1.71. The summed E-state index contributed by atoms with van der Waals surface area (Å²) in [6.45, 7) is 3.84. The van der Waals surface area contributed by atoms with E-state index in [9.17, 15) is 0 Å². The Labute approximate surface area is 73.2 Å². The van der Waals surface area contributed by atoms with Crippen molar-refractivity contribution in [1.29, 1.82) is 0 Å². The van der Waals surface area contributed by atoms with E-state index in [0.29, 0.717) is 0 Å². The molecular weight excluding hydrogens is 156 g/mol. The van der Waals surface area contributed by atoms with Gasteiger partial charge < -0.3 is 9.68 Å². The second-order valence-corrected chi connectivity index (χ2v) is 2.52. The highest BCUT2D eigenvalue weighted by molar-refractivity contribution is 5.88. The first-order valence-corrected chi connectivity index (χ1v) is 3.84. The molecule has 70 valence electrons. The van der Waals surface area contributed by atoms with Crippen LogP contribution in [-0.2, 0) is 9.68 Å². The number of oxime groups is 2. The van der Waals surface area contributed by atoms with Crippen molar-refractivity contribution in [3.8, 4) is 0 Å². The average molecular weight is 172 g/mol. The van der Waals surface area contributed by atoms with Crippen LogP contribution >= 0.6 is 0 Å². The fraction of sp³-hybridized carbons (Fsp3) is 0.750. The predicted octanol–water partition coefficient (Wildman–Crippen LogP) is 1.81. The zero-order valence-electron chi connectivity index (χ0n) is 8.13. The Morgan fingerprint density at radius 2 is 1.25 bits per heavy atom. The Balaban J connectivity index is 3.68. The zero-order valence-corrected chi connectivity index (χ0v) is 8.13. The zero-order chi connectivity index (χ0) is 9.40. The van der Waals surface area contributed by atoms with Crippen molar-refractivity contribution in [1.82, 2.24) is 0 Å². The topological polar surface area (TPSA) is 43.2 Å². The van der Waals surface area contributed by atoms with Crippen LogP contribution in [0.5, 0.6) is 0 Å². The molecule has 0 atom stereocenters. The molecule has 12 heavy (non-hydrogen) atoms. The summed E-state index contributed by atoms with van der Waals surface area (Å²) >= 11 is 0. The highest BCUT2D eigenvalue weighted by atomic mass is 16.6. The highest BCUT2D eigenvalue weighted by Gasteiger charge is 1.95. The van der Waals surface area contributed by atoms with E-state index in [4.69, 9.17) is 0 Å². The molecule has 0 aromatic carbocycles. The summed E-state index contributed by atoms with van der Waals surface area (Å²) in [5, 5.41) is 7.56. The highest BCUT2D eigenvalue weighted by Crippen LogP contribution is 1.96. The number of hydrogen-bond donors (Lipinski definition) is 0. The molecule has 0 N–H and O–H groups in total. The molecule has 0 spiro atoms. The average Bonchev–Trinajstić information content (AvgIpc) is 2.02. The van der Waals surface area contributed by atoms with Gasteiger partial charge in [0.25, 0.3) is 0 Å². The molecule has 0 heterocycles. The van der Waals surface area contributed by atoms with E-state index in [2.05, 4.69) is 20.0 Å². The van der Waals surface area contributed by atoms with E-state index in [-0.39, 0.29) is 0 Å². The summed E-state index contributed by atoms with van der Waals surface area (Å²) < 4.78 is 0. The molecule has 4 nitrogen and oxygen atoms in total. The summed E-state index contributed by atoms with van der Waals surface area (Å²) in [6, 6.07) is 0. The van der Waals surface area contributed by atoms with Crippen molar-refractivity contribution in [3.05, 3.63) is 0 Å². The molecule has 0 aromatic rings. The summed E-state index contributed by atoms with van der Waals surface area (Å²) in [5.41, 5.74) is 1.92. The van der Waals surface area contributed by atoms with Gasteiger partial charge in [-0.15, -0.1) is 0 Å². The first-order chi connectivity index (χ1) is 5.70. The first-order valence-electron chi connectivity index (χ1n) is 3.84. The van der Waals surface area contributed by atoms with Crippen molar-refractivity contribution in [2.24, 2.45) is 10.3 Å². The lowest BCUT2D eigenvalue weighted by molar-refractivity contribution is 0.211. The van der Waals surface area contributed by atoms with E-state index in [0.717, 1.165) is 24.3 Å². The standard InChI is InChI=1S/C8H16N2O2/c1-7(9-11-3)5-6-8(2)10-12-4/h5-6H2,1-4H3. The minimum Gasteiger partial charge on any atom is -0.399 e. The number of rotatable bonds is 5. The maximum Gasteiger partial charge on any atom is 0.106 e. The fourth-order valence-corrected chi connectivity index (χ4v) is 0.765. The van der Waals surface area contributed by atoms with Gasteiger partial charge in [-0.1, -0.05) is 10.3 Å². The minimum absolute atomic E-state index is 0.854. The van der Waals surface area contributed by atoms with Crippen LogP contribution in [0.25, 0.3) is 0 Å². The molecule has 0 amide bonds. The Bertz CT molecular complexity index is 156. The molecule has 0 unspecified atom stereocenters. The lowest BCUT2D eigenvalue weighted by Gasteiger charge is -1.98. The van der Waals surface area contributed by atoms with Crippen LogP contribution in [0.3, 0.4) is 0 Å². The van der Waals surface area contributed by atoms with Gasteiger partial charge >= 0.3 is 0 Å². The third kappa shape index (κ3) is 5.70. The molecule has 0 saturated carbocycles. The van der Waals surface area contributed by atoms with Crippen LogP contribution in [0.4, 0.5) is 0 Å². The van der Waals surface area contributed by atoms with Gasteiger partial charge in [0.05, 0.1) is 11.4 Å². The summed E-state index contributed by atoms with van der Waals surface area (Å²) in [5.74, 6) is 0. The second-order valence-electron chi connectivity index (χ2n) is 2.52. The van der Waals surface area contributed by atoms with E-state index >= 15 is 0 Å². The lowest BCUT2D eigenvalue weighted by Crippen LogP contribution is -1.98. The number of nitrogens with zero attached hydrogens (tertiary/aromatic N) is 2. The molecule has 0 saturated heterocycles. The van der Waals surface area contributed by atoms with Crippen molar-refractivity contribution in [2.45, 2.75) is 26.7 Å². The predicted molar refractivity (Wildman–Crippen MR) is 49.5 cm³/mol. The maximum atomic E-state index is 4.61. The smallest absolute Gasteiger partial charge is 0.106 e. The molecule has 0 aromatic heterocycles. The normalized spacial score (nSPS) is 13.0. The monoisotopic (exact) mass is 172 g/mol. The van der Waals surface area contributed by atoms with Gasteiger partial charge in [-0.05, 0) is 26.7 Å². The van der Waals surface area contributed by atoms with Gasteiger partial charge in [0.2, 0.25) is 0 Å². The van der Waals surface area contributed by atoms with Crippen molar-refractivity contribution in [2.75, 3.05) is 14.2 Å². The molecule has 0 rings (SSSR count). The van der Waals surface area contributed by atoms with Crippen LogP contribution in [0.1, 0.15) is 26.7 Å². The van der Waals surface area contributed by atoms with Crippen LogP contribution in [-0.4, -0.2) is 25.6 Å². The van der Waals surface area contributed by atoms with Gasteiger partial charge in [0.1, 0.15) is 14.2 Å². The quantitative estimate of drug-likeness (QED) is 0.469. The van der Waals surface area contributed by atoms with Gasteiger partial charge in [-0.2, -0.15) is 0 Å². The molecule has 0 aliphatic rings. The first kappa shape index (κ1) is 10.9. The van der Waals surface area contributed by atoms with Crippen molar-refractivity contribution >= 4 is 11.4 Å². The number of hydrogen-bond acceptors (Lipinski definition) is 4. The molecule has 0 bridgehead atoms. The fourth-order valence-electron chi connectivity index (χ4n) is 0.765. The van der Waals surface area contributed by atoms with Gasteiger partial charge in [0.15, 0.2) is 0 Å². The Morgan fingerprint density at radius 3 is 1.50 bits per heavy atom. The van der Waals surface area contributed by atoms with E-state index in [1.165, 1.54) is 0 Å². The molecule has 0 radical (unpaired) electrons. The molecule has 0 aliphatic heterocycles. The van der Waals surface area contributed by atoms with Gasteiger partial charge in [0, 0.05) is 0 Å². The maximum absolute atomic E-state index is 4.61. The van der Waals surface area contributed by atoms with Crippen LogP contribution in [0, 0.1) is 0 Å². The largest absolute Gasteiger partial charge is 0.399 e.